The monoisotopic (exact) mass is 580 g/mol. The third-order valence-electron chi connectivity index (χ3n) is 4.38. The molecule has 1 aromatic carbocycles. The van der Waals surface area contributed by atoms with Gasteiger partial charge in [0.2, 0.25) is 6.54 Å². The van der Waals surface area contributed by atoms with Gasteiger partial charge in [-0.05, 0) is 30.7 Å². The molecular formula is C18H14BrClN2O5S4. The molecule has 0 saturated carbocycles. The lowest BCUT2D eigenvalue weighted by atomic mass is 10.3. The molecule has 0 saturated heterocycles. The lowest BCUT2D eigenvalue weighted by molar-refractivity contribution is -0.655. The van der Waals surface area contributed by atoms with E-state index in [0.717, 1.165) is 34.6 Å². The summed E-state index contributed by atoms with van der Waals surface area (Å²) in [5.74, 6) is -1.41. The van der Waals surface area contributed by atoms with Crippen molar-refractivity contribution in [2.75, 3.05) is 17.2 Å². The van der Waals surface area contributed by atoms with Gasteiger partial charge in [0.05, 0.1) is 26.9 Å². The van der Waals surface area contributed by atoms with Gasteiger partial charge in [0.15, 0.2) is 0 Å². The van der Waals surface area contributed by atoms with Crippen molar-refractivity contribution in [3.05, 3.63) is 43.1 Å². The Morgan fingerprint density at radius 3 is 2.81 bits per heavy atom. The third kappa shape index (κ3) is 5.27. The van der Waals surface area contributed by atoms with E-state index in [9.17, 15) is 22.9 Å². The van der Waals surface area contributed by atoms with Gasteiger partial charge in [-0.2, -0.15) is 4.57 Å². The molecule has 1 aliphatic rings. The molecule has 3 heterocycles. The van der Waals surface area contributed by atoms with Crippen molar-refractivity contribution >= 4 is 99.3 Å². The summed E-state index contributed by atoms with van der Waals surface area (Å²) in [7, 11) is -4.30. The van der Waals surface area contributed by atoms with E-state index in [4.69, 9.17) is 11.6 Å². The molecule has 31 heavy (non-hydrogen) atoms. The quantitative estimate of drug-likeness (QED) is 0.321. The molecular weight excluding hydrogens is 568 g/mol. The fourth-order valence-corrected chi connectivity index (χ4v) is 7.79. The number of carbonyl (C=O) groups is 1. The Morgan fingerprint density at radius 2 is 2.10 bits per heavy atom. The number of aliphatic carboxylic acids is 1. The maximum Gasteiger partial charge on any atom is 0.370 e. The number of thiophene rings is 1. The minimum absolute atomic E-state index is 0.181. The van der Waals surface area contributed by atoms with Crippen LogP contribution < -0.4 is 9.47 Å². The predicted molar refractivity (Wildman–Crippen MR) is 127 cm³/mol. The molecule has 0 amide bonds. The SMILES string of the molecule is O=C(O)C[n+]1c(/C=C2\Sc3ccc(Br)cc3N2CCCS(=O)(=O)[O-])sc2cc(Cl)sc21. The van der Waals surface area contributed by atoms with Gasteiger partial charge in [-0.15, -0.1) is 0 Å². The Hall–Kier alpha value is -1.15. The van der Waals surface area contributed by atoms with E-state index in [0.29, 0.717) is 10.9 Å². The van der Waals surface area contributed by atoms with E-state index in [1.54, 1.807) is 4.57 Å². The molecule has 0 atom stereocenters. The summed E-state index contributed by atoms with van der Waals surface area (Å²) in [6.45, 7) is 0.141. The summed E-state index contributed by atoms with van der Waals surface area (Å²) in [5, 5.41) is 11.0. The molecule has 0 spiro atoms. The number of anilines is 1. The number of nitrogens with zero attached hydrogens (tertiary/aromatic N) is 2. The highest BCUT2D eigenvalue weighted by atomic mass is 79.9. The smallest absolute Gasteiger partial charge is 0.370 e. The summed E-state index contributed by atoms with van der Waals surface area (Å²) in [6.07, 6.45) is 2.08. The van der Waals surface area contributed by atoms with E-state index in [1.807, 2.05) is 35.2 Å². The molecule has 164 valence electrons. The number of hydrogen-bond donors (Lipinski definition) is 1. The van der Waals surface area contributed by atoms with Crippen molar-refractivity contribution in [1.29, 1.82) is 0 Å². The van der Waals surface area contributed by atoms with Crippen LogP contribution in [0.5, 0.6) is 0 Å². The topological polar surface area (TPSA) is 102 Å². The van der Waals surface area contributed by atoms with Crippen molar-refractivity contribution in [3.63, 3.8) is 0 Å². The average molecular weight is 582 g/mol. The number of aromatic nitrogens is 1. The lowest BCUT2D eigenvalue weighted by Gasteiger charge is -2.20. The van der Waals surface area contributed by atoms with Crippen molar-refractivity contribution in [2.24, 2.45) is 0 Å². The number of halogens is 2. The number of thioether (sulfide) groups is 1. The molecule has 0 bridgehead atoms. The Morgan fingerprint density at radius 1 is 1.32 bits per heavy atom. The number of thiazole rings is 1. The van der Waals surface area contributed by atoms with Gasteiger partial charge in [0.1, 0.15) is 9.04 Å². The summed E-state index contributed by atoms with van der Waals surface area (Å²) in [5.41, 5.74) is 0.903. The first-order valence-electron chi connectivity index (χ1n) is 8.84. The Bertz CT molecular complexity index is 1320. The third-order valence-corrected chi connectivity index (χ3v) is 9.27. The van der Waals surface area contributed by atoms with Crippen LogP contribution in [0.3, 0.4) is 0 Å². The molecule has 0 aliphatic carbocycles. The van der Waals surface area contributed by atoms with E-state index < -0.39 is 21.8 Å². The minimum Gasteiger partial charge on any atom is -0.748 e. The van der Waals surface area contributed by atoms with E-state index >= 15 is 0 Å². The van der Waals surface area contributed by atoms with Gasteiger partial charge in [0.25, 0.3) is 9.84 Å². The number of carboxylic acid groups (broad SMARTS) is 1. The minimum atomic E-state index is -4.30. The van der Waals surface area contributed by atoms with E-state index in [-0.39, 0.29) is 13.0 Å². The zero-order chi connectivity index (χ0) is 22.3. The van der Waals surface area contributed by atoms with Gasteiger partial charge in [-0.25, -0.2) is 13.2 Å². The summed E-state index contributed by atoms with van der Waals surface area (Å²) >= 11 is 13.8. The Balaban J connectivity index is 1.74. The first kappa shape index (κ1) is 23.0. The standard InChI is InChI=1S/C18H14BrClN2O5S4/c19-10-2-3-12-11(6-10)21(4-1-5-31(25,26)27)15(28-12)8-16-22(9-17(23)24)18-13(29-16)7-14(20)30-18/h2-3,6-8H,1,4-5,9H2,(H-,23,24,25,26,27). The van der Waals surface area contributed by atoms with E-state index in [2.05, 4.69) is 15.9 Å². The van der Waals surface area contributed by atoms with Gasteiger partial charge in [-0.3, -0.25) is 0 Å². The largest absolute Gasteiger partial charge is 0.748 e. The number of benzene rings is 1. The Kier molecular flexibility index (Phi) is 6.69. The number of hydrogen-bond acceptors (Lipinski definition) is 8. The molecule has 13 heteroatoms. The first-order valence-corrected chi connectivity index (χ1v) is 14.0. The van der Waals surface area contributed by atoms with Gasteiger partial charge >= 0.3 is 5.97 Å². The summed E-state index contributed by atoms with van der Waals surface area (Å²) in [4.78, 5) is 15.2. The summed E-state index contributed by atoms with van der Waals surface area (Å²) in [6, 6.07) is 7.63. The van der Waals surface area contributed by atoms with Crippen LogP contribution in [-0.2, 0) is 21.5 Å². The van der Waals surface area contributed by atoms with Crippen LogP contribution in [0.4, 0.5) is 5.69 Å². The van der Waals surface area contributed by atoms with Gasteiger partial charge in [-0.1, -0.05) is 62.0 Å². The number of rotatable bonds is 7. The van der Waals surface area contributed by atoms with Crippen molar-refractivity contribution in [1.82, 2.24) is 0 Å². The second-order valence-corrected chi connectivity index (χ2v) is 12.8. The first-order chi connectivity index (χ1) is 14.6. The average Bonchev–Trinajstić information content (AvgIpc) is 3.27. The van der Waals surface area contributed by atoms with Crippen LogP contribution in [-0.4, -0.2) is 36.3 Å². The van der Waals surface area contributed by atoms with E-state index in [1.165, 1.54) is 34.4 Å². The molecule has 0 unspecified atom stereocenters. The zero-order valence-electron chi connectivity index (χ0n) is 15.6. The second-order valence-electron chi connectivity index (χ2n) is 6.60. The van der Waals surface area contributed by atoms with Crippen LogP contribution in [0.1, 0.15) is 11.4 Å². The molecule has 0 radical (unpaired) electrons. The van der Waals surface area contributed by atoms with Crippen molar-refractivity contribution in [3.8, 4) is 0 Å². The molecule has 1 N–H and O–H groups in total. The number of carboxylic acids is 1. The van der Waals surface area contributed by atoms with Gasteiger partial charge in [0, 0.05) is 21.7 Å². The fraction of sp³-hybridized carbons (Fsp3) is 0.222. The Labute approximate surface area is 203 Å². The fourth-order valence-electron chi connectivity index (χ4n) is 3.18. The highest BCUT2D eigenvalue weighted by Crippen LogP contribution is 2.48. The van der Waals surface area contributed by atoms with Crippen LogP contribution >= 0.6 is 62.0 Å². The maximum absolute atomic E-state index is 11.4. The lowest BCUT2D eigenvalue weighted by Crippen LogP contribution is -2.38. The highest BCUT2D eigenvalue weighted by Gasteiger charge is 2.29. The molecule has 1 aliphatic heterocycles. The van der Waals surface area contributed by atoms with Crippen molar-refractivity contribution in [2.45, 2.75) is 17.9 Å². The predicted octanol–water partition coefficient (Wildman–Crippen LogP) is 4.60. The second kappa shape index (κ2) is 9.00. The maximum atomic E-state index is 11.4. The van der Waals surface area contributed by atoms with Crippen LogP contribution in [0, 0.1) is 0 Å². The zero-order valence-corrected chi connectivity index (χ0v) is 21.2. The van der Waals surface area contributed by atoms with Crippen molar-refractivity contribution < 1.29 is 27.4 Å². The van der Waals surface area contributed by atoms with Gasteiger partial charge < -0.3 is 14.6 Å². The molecule has 3 aromatic rings. The molecule has 2 aromatic heterocycles. The normalized spacial score (nSPS) is 15.2. The van der Waals surface area contributed by atoms with Crippen LogP contribution in [0.2, 0.25) is 4.34 Å². The summed E-state index contributed by atoms with van der Waals surface area (Å²) < 4.78 is 37.2. The molecule has 7 nitrogen and oxygen atoms in total. The van der Waals surface area contributed by atoms with Crippen LogP contribution in [0.25, 0.3) is 15.6 Å². The molecule has 4 rings (SSSR count). The highest BCUT2D eigenvalue weighted by molar-refractivity contribution is 9.10. The molecule has 0 fully saturated rings. The number of fused-ring (bicyclic) bond motifs is 2. The van der Waals surface area contributed by atoms with Crippen LogP contribution in [0.15, 0.2) is 38.7 Å².